The topological polar surface area (TPSA) is 40.5 Å². The van der Waals surface area contributed by atoms with Crippen molar-refractivity contribution in [3.63, 3.8) is 0 Å². The average molecular weight is 256 g/mol. The third-order valence-electron chi connectivity index (χ3n) is 2.87. The van der Waals surface area contributed by atoms with E-state index in [-0.39, 0.29) is 0 Å². The maximum absolute atomic E-state index is 9.44. The highest BCUT2D eigenvalue weighted by molar-refractivity contribution is 7.19. The fourth-order valence-electron chi connectivity index (χ4n) is 1.98. The molecule has 0 saturated heterocycles. The molecule has 2 N–H and O–H groups in total. The van der Waals surface area contributed by atoms with Crippen LogP contribution in [0.2, 0.25) is 0 Å². The van der Waals surface area contributed by atoms with E-state index in [4.69, 9.17) is 0 Å². The molecule has 3 heteroatoms. The van der Waals surface area contributed by atoms with Gasteiger partial charge >= 0.3 is 0 Å². The number of aromatic hydroxyl groups is 2. The van der Waals surface area contributed by atoms with Crippen molar-refractivity contribution in [2.24, 2.45) is 0 Å². The molecule has 18 heavy (non-hydrogen) atoms. The minimum Gasteiger partial charge on any atom is -0.508 e. The summed E-state index contributed by atoms with van der Waals surface area (Å²) in [5.74, 6) is 0.598. The van der Waals surface area contributed by atoms with Crippen LogP contribution < -0.4 is 0 Å². The molecule has 1 heterocycles. The first-order valence-electron chi connectivity index (χ1n) is 5.70. The first-order chi connectivity index (χ1) is 8.70. The van der Waals surface area contributed by atoms with Crippen LogP contribution in [0.25, 0.3) is 10.1 Å². The molecule has 0 aliphatic rings. The van der Waals surface area contributed by atoms with Crippen LogP contribution in [-0.4, -0.2) is 10.2 Å². The summed E-state index contributed by atoms with van der Waals surface area (Å²) < 4.78 is 1.10. The highest BCUT2D eigenvalue weighted by Gasteiger charge is 2.04. The molecule has 1 aromatic heterocycles. The van der Waals surface area contributed by atoms with Gasteiger partial charge in [0.25, 0.3) is 0 Å². The minimum atomic E-state index is 0.292. The van der Waals surface area contributed by atoms with E-state index in [1.165, 1.54) is 10.4 Å². The van der Waals surface area contributed by atoms with Gasteiger partial charge < -0.3 is 10.2 Å². The first kappa shape index (κ1) is 11.1. The van der Waals surface area contributed by atoms with Crippen molar-refractivity contribution in [3.05, 3.63) is 59.0 Å². The fraction of sp³-hybridized carbons (Fsp3) is 0.0667. The van der Waals surface area contributed by atoms with Crippen molar-refractivity contribution in [3.8, 4) is 11.5 Å². The fourth-order valence-corrected chi connectivity index (χ4v) is 3.11. The van der Waals surface area contributed by atoms with Gasteiger partial charge in [0.05, 0.1) is 0 Å². The Kier molecular flexibility index (Phi) is 2.68. The normalized spacial score (nSPS) is 10.9. The molecule has 90 valence electrons. The zero-order chi connectivity index (χ0) is 12.5. The molecule has 2 aromatic carbocycles. The predicted octanol–water partition coefficient (Wildman–Crippen LogP) is 3.90. The Balaban J connectivity index is 1.92. The van der Waals surface area contributed by atoms with Crippen LogP contribution >= 0.6 is 11.3 Å². The summed E-state index contributed by atoms with van der Waals surface area (Å²) in [6, 6.07) is 14.8. The second-order valence-electron chi connectivity index (χ2n) is 4.28. The van der Waals surface area contributed by atoms with Crippen molar-refractivity contribution >= 4 is 21.4 Å². The Bertz CT molecular complexity index is 683. The Morgan fingerprint density at radius 1 is 0.833 bits per heavy atom. The summed E-state index contributed by atoms with van der Waals surface area (Å²) in [6.45, 7) is 0. The monoisotopic (exact) mass is 256 g/mol. The summed E-state index contributed by atoms with van der Waals surface area (Å²) in [5.41, 5.74) is 1.17. The predicted molar refractivity (Wildman–Crippen MR) is 74.4 cm³/mol. The summed E-state index contributed by atoms with van der Waals surface area (Å²) >= 11 is 1.69. The number of hydrogen-bond donors (Lipinski definition) is 2. The average Bonchev–Trinajstić information content (AvgIpc) is 2.73. The highest BCUT2D eigenvalue weighted by Crippen LogP contribution is 2.30. The summed E-state index contributed by atoms with van der Waals surface area (Å²) in [5, 5.41) is 19.8. The van der Waals surface area contributed by atoms with Crippen molar-refractivity contribution in [1.82, 2.24) is 0 Å². The second-order valence-corrected chi connectivity index (χ2v) is 5.45. The molecule has 0 aliphatic carbocycles. The number of rotatable bonds is 2. The lowest BCUT2D eigenvalue weighted by Crippen LogP contribution is -1.82. The lowest BCUT2D eigenvalue weighted by molar-refractivity contribution is 0.475. The van der Waals surface area contributed by atoms with E-state index in [0.29, 0.717) is 11.5 Å². The van der Waals surface area contributed by atoms with Gasteiger partial charge in [-0.3, -0.25) is 0 Å². The Morgan fingerprint density at radius 2 is 1.56 bits per heavy atom. The van der Waals surface area contributed by atoms with E-state index >= 15 is 0 Å². The van der Waals surface area contributed by atoms with E-state index in [0.717, 1.165) is 16.5 Å². The van der Waals surface area contributed by atoms with Crippen LogP contribution in [-0.2, 0) is 6.42 Å². The van der Waals surface area contributed by atoms with Crippen molar-refractivity contribution < 1.29 is 10.2 Å². The maximum Gasteiger partial charge on any atom is 0.117 e. The van der Waals surface area contributed by atoms with Gasteiger partial charge in [-0.15, -0.1) is 11.3 Å². The zero-order valence-electron chi connectivity index (χ0n) is 9.63. The molecule has 0 radical (unpaired) electrons. The maximum atomic E-state index is 9.44. The molecular weight excluding hydrogens is 244 g/mol. The number of thiophene rings is 1. The second kappa shape index (κ2) is 4.35. The molecule has 0 spiro atoms. The van der Waals surface area contributed by atoms with Crippen molar-refractivity contribution in [1.29, 1.82) is 0 Å². The molecule has 0 amide bonds. The zero-order valence-corrected chi connectivity index (χ0v) is 10.4. The molecule has 3 rings (SSSR count). The Labute approximate surface area is 109 Å². The summed E-state index contributed by atoms with van der Waals surface area (Å²) in [6.07, 6.45) is 0.848. The van der Waals surface area contributed by atoms with Gasteiger partial charge in [-0.1, -0.05) is 12.1 Å². The minimum absolute atomic E-state index is 0.292. The van der Waals surface area contributed by atoms with Crippen molar-refractivity contribution in [2.45, 2.75) is 6.42 Å². The van der Waals surface area contributed by atoms with Gasteiger partial charge in [0.15, 0.2) is 0 Å². The molecule has 0 fully saturated rings. The van der Waals surface area contributed by atoms with Crippen LogP contribution in [0.4, 0.5) is 0 Å². The number of phenolic OH excluding ortho intramolecular Hbond substituents is 2. The Hall–Kier alpha value is -2.00. The van der Waals surface area contributed by atoms with Crippen LogP contribution in [0, 0.1) is 0 Å². The molecule has 0 saturated carbocycles. The van der Waals surface area contributed by atoms with Crippen LogP contribution in [0.15, 0.2) is 48.5 Å². The van der Waals surface area contributed by atoms with Gasteiger partial charge in [-0.2, -0.15) is 0 Å². The molecular formula is C15H12O2S. The van der Waals surface area contributed by atoms with E-state index in [1.54, 1.807) is 35.6 Å². The molecule has 0 bridgehead atoms. The molecule has 0 atom stereocenters. The largest absolute Gasteiger partial charge is 0.508 e. The molecule has 2 nitrogen and oxygen atoms in total. The smallest absolute Gasteiger partial charge is 0.117 e. The number of phenols is 2. The summed E-state index contributed by atoms with van der Waals surface area (Å²) in [7, 11) is 0. The highest BCUT2D eigenvalue weighted by atomic mass is 32.1. The standard InChI is InChI=1S/C15H12O2S/c16-12-4-1-10(2-5-12)7-14-8-11-3-6-13(17)9-15(11)18-14/h1-6,8-9,16-17H,7H2. The molecule has 3 aromatic rings. The summed E-state index contributed by atoms with van der Waals surface area (Å²) in [4.78, 5) is 1.25. The van der Waals surface area contributed by atoms with Crippen LogP contribution in [0.1, 0.15) is 10.4 Å². The van der Waals surface area contributed by atoms with Gasteiger partial charge in [0, 0.05) is 16.0 Å². The van der Waals surface area contributed by atoms with E-state index in [9.17, 15) is 10.2 Å². The SMILES string of the molecule is Oc1ccc(Cc2cc3ccc(O)cc3s2)cc1. The van der Waals surface area contributed by atoms with Crippen LogP contribution in [0.3, 0.4) is 0 Å². The van der Waals surface area contributed by atoms with Gasteiger partial charge in [-0.25, -0.2) is 0 Å². The quantitative estimate of drug-likeness (QED) is 0.730. The molecule has 0 unspecified atom stereocenters. The first-order valence-corrected chi connectivity index (χ1v) is 6.52. The Morgan fingerprint density at radius 3 is 2.33 bits per heavy atom. The third-order valence-corrected chi connectivity index (χ3v) is 3.97. The number of fused-ring (bicyclic) bond motifs is 1. The van der Waals surface area contributed by atoms with Crippen LogP contribution in [0.5, 0.6) is 11.5 Å². The van der Waals surface area contributed by atoms with Gasteiger partial charge in [-0.05, 0) is 47.3 Å². The van der Waals surface area contributed by atoms with E-state index in [1.807, 2.05) is 18.2 Å². The lowest BCUT2D eigenvalue weighted by atomic mass is 10.1. The third kappa shape index (κ3) is 2.17. The number of benzene rings is 2. The lowest BCUT2D eigenvalue weighted by Gasteiger charge is -1.98. The van der Waals surface area contributed by atoms with E-state index < -0.39 is 0 Å². The van der Waals surface area contributed by atoms with Gasteiger partial charge in [0.2, 0.25) is 0 Å². The molecule has 0 aliphatic heterocycles. The number of hydrogen-bond acceptors (Lipinski definition) is 3. The van der Waals surface area contributed by atoms with Gasteiger partial charge in [0.1, 0.15) is 11.5 Å². The van der Waals surface area contributed by atoms with E-state index in [2.05, 4.69) is 6.07 Å². The van der Waals surface area contributed by atoms with Crippen molar-refractivity contribution in [2.75, 3.05) is 0 Å².